The smallest absolute Gasteiger partial charge is 0.222 e. The Labute approximate surface area is 91.8 Å². The highest BCUT2D eigenvalue weighted by atomic mass is 16.1. The molecule has 0 bridgehead atoms. The number of nitriles is 1. The minimum absolute atomic E-state index is 0.252. The number of hydrogen-bond donors (Lipinski definition) is 1. The summed E-state index contributed by atoms with van der Waals surface area (Å²) in [7, 11) is 0. The standard InChI is InChI=1S/C11H8N4O/c1-7(16)14-11-8(5-12)4-9-6-13-3-2-10(9)15-11/h2-4,6H,1H3,(H,14,15,16). The van der Waals surface area contributed by atoms with E-state index in [4.69, 9.17) is 5.26 Å². The van der Waals surface area contributed by atoms with Crippen molar-refractivity contribution in [1.29, 1.82) is 5.26 Å². The molecular formula is C11H8N4O. The van der Waals surface area contributed by atoms with Gasteiger partial charge in [0.1, 0.15) is 6.07 Å². The Morgan fingerprint density at radius 3 is 3.06 bits per heavy atom. The van der Waals surface area contributed by atoms with Crippen molar-refractivity contribution >= 4 is 22.6 Å². The molecule has 0 atom stereocenters. The normalized spacial score (nSPS) is 9.75. The van der Waals surface area contributed by atoms with Gasteiger partial charge in [-0.2, -0.15) is 5.26 Å². The highest BCUT2D eigenvalue weighted by Gasteiger charge is 2.07. The predicted molar refractivity (Wildman–Crippen MR) is 58.6 cm³/mol. The molecule has 78 valence electrons. The topological polar surface area (TPSA) is 78.7 Å². The molecule has 2 heterocycles. The zero-order valence-electron chi connectivity index (χ0n) is 8.56. The zero-order chi connectivity index (χ0) is 11.5. The fraction of sp³-hybridized carbons (Fsp3) is 0.0909. The second kappa shape index (κ2) is 3.95. The van der Waals surface area contributed by atoms with E-state index in [9.17, 15) is 4.79 Å². The summed E-state index contributed by atoms with van der Waals surface area (Å²) in [5.74, 6) is 0.0334. The van der Waals surface area contributed by atoms with E-state index in [1.54, 1.807) is 24.5 Å². The van der Waals surface area contributed by atoms with E-state index in [0.29, 0.717) is 11.1 Å². The lowest BCUT2D eigenvalue weighted by Gasteiger charge is -2.05. The monoisotopic (exact) mass is 212 g/mol. The number of nitrogens with zero attached hydrogens (tertiary/aromatic N) is 3. The Morgan fingerprint density at radius 1 is 1.56 bits per heavy atom. The molecule has 0 spiro atoms. The number of hydrogen-bond acceptors (Lipinski definition) is 4. The molecule has 0 aliphatic heterocycles. The van der Waals surface area contributed by atoms with Crippen molar-refractivity contribution in [2.24, 2.45) is 0 Å². The van der Waals surface area contributed by atoms with Gasteiger partial charge < -0.3 is 5.32 Å². The summed E-state index contributed by atoms with van der Waals surface area (Å²) >= 11 is 0. The van der Waals surface area contributed by atoms with Crippen LogP contribution in [0.25, 0.3) is 10.9 Å². The maximum absolute atomic E-state index is 10.9. The summed E-state index contributed by atoms with van der Waals surface area (Å²) in [6, 6.07) is 5.37. The first kappa shape index (κ1) is 10.1. The van der Waals surface area contributed by atoms with Gasteiger partial charge in [0.25, 0.3) is 0 Å². The van der Waals surface area contributed by atoms with Gasteiger partial charge in [-0.05, 0) is 12.1 Å². The molecule has 0 saturated heterocycles. The number of pyridine rings is 2. The first-order valence-corrected chi connectivity index (χ1v) is 4.63. The van der Waals surface area contributed by atoms with Gasteiger partial charge in [0, 0.05) is 24.7 Å². The summed E-state index contributed by atoms with van der Waals surface area (Å²) < 4.78 is 0. The highest BCUT2D eigenvalue weighted by molar-refractivity contribution is 5.91. The number of fused-ring (bicyclic) bond motifs is 1. The Kier molecular flexibility index (Phi) is 2.48. The largest absolute Gasteiger partial charge is 0.310 e. The fourth-order valence-electron chi connectivity index (χ4n) is 1.36. The summed E-state index contributed by atoms with van der Waals surface area (Å²) in [5.41, 5.74) is 1.02. The Bertz CT molecular complexity index is 600. The molecular weight excluding hydrogens is 204 g/mol. The first-order chi connectivity index (χ1) is 7.70. The second-order valence-electron chi connectivity index (χ2n) is 3.25. The van der Waals surface area contributed by atoms with Crippen molar-refractivity contribution in [3.8, 4) is 6.07 Å². The van der Waals surface area contributed by atoms with E-state index in [0.717, 1.165) is 5.39 Å². The minimum Gasteiger partial charge on any atom is -0.310 e. The van der Waals surface area contributed by atoms with E-state index in [1.165, 1.54) is 6.92 Å². The van der Waals surface area contributed by atoms with Gasteiger partial charge in [0.15, 0.2) is 5.82 Å². The lowest BCUT2D eigenvalue weighted by Crippen LogP contribution is -2.09. The van der Waals surface area contributed by atoms with Crippen LogP contribution in [0, 0.1) is 11.3 Å². The van der Waals surface area contributed by atoms with E-state index in [2.05, 4.69) is 15.3 Å². The molecule has 5 heteroatoms. The lowest BCUT2D eigenvalue weighted by molar-refractivity contribution is -0.114. The molecule has 2 rings (SSSR count). The summed E-state index contributed by atoms with van der Waals surface area (Å²) in [4.78, 5) is 19.1. The number of carbonyl (C=O) groups excluding carboxylic acids is 1. The van der Waals surface area contributed by atoms with Gasteiger partial charge in [-0.1, -0.05) is 0 Å². The summed E-state index contributed by atoms with van der Waals surface area (Å²) in [5, 5.41) is 12.2. The number of aromatic nitrogens is 2. The van der Waals surface area contributed by atoms with Crippen LogP contribution in [0.15, 0.2) is 24.5 Å². The molecule has 5 nitrogen and oxygen atoms in total. The number of carbonyl (C=O) groups is 1. The average molecular weight is 212 g/mol. The van der Waals surface area contributed by atoms with Crippen LogP contribution in [0.4, 0.5) is 5.82 Å². The fourth-order valence-corrected chi connectivity index (χ4v) is 1.36. The average Bonchev–Trinajstić information content (AvgIpc) is 2.27. The van der Waals surface area contributed by atoms with Crippen LogP contribution in [0.5, 0.6) is 0 Å². The van der Waals surface area contributed by atoms with Gasteiger partial charge in [-0.15, -0.1) is 0 Å². The van der Waals surface area contributed by atoms with Crippen molar-refractivity contribution < 1.29 is 4.79 Å². The Hall–Kier alpha value is -2.48. The van der Waals surface area contributed by atoms with Crippen LogP contribution in [0.1, 0.15) is 12.5 Å². The number of anilines is 1. The van der Waals surface area contributed by atoms with Crippen molar-refractivity contribution in [3.05, 3.63) is 30.1 Å². The van der Waals surface area contributed by atoms with Crippen LogP contribution in [0.2, 0.25) is 0 Å². The quantitative estimate of drug-likeness (QED) is 0.776. The van der Waals surface area contributed by atoms with Gasteiger partial charge >= 0.3 is 0 Å². The lowest BCUT2D eigenvalue weighted by atomic mass is 10.2. The summed E-state index contributed by atoms with van der Waals surface area (Å²) in [6.07, 6.45) is 3.24. The van der Waals surface area contributed by atoms with E-state index < -0.39 is 0 Å². The minimum atomic E-state index is -0.252. The molecule has 2 aromatic heterocycles. The first-order valence-electron chi connectivity index (χ1n) is 4.63. The molecule has 0 aliphatic rings. The molecule has 0 aromatic carbocycles. The van der Waals surface area contributed by atoms with Gasteiger partial charge in [0.05, 0.1) is 11.1 Å². The number of rotatable bonds is 1. The Morgan fingerprint density at radius 2 is 2.38 bits per heavy atom. The molecule has 16 heavy (non-hydrogen) atoms. The maximum Gasteiger partial charge on any atom is 0.222 e. The van der Waals surface area contributed by atoms with Crippen LogP contribution in [-0.2, 0) is 4.79 Å². The number of nitrogens with one attached hydrogen (secondary N) is 1. The predicted octanol–water partition coefficient (Wildman–Crippen LogP) is 1.46. The van der Waals surface area contributed by atoms with Crippen molar-refractivity contribution in [1.82, 2.24) is 9.97 Å². The second-order valence-corrected chi connectivity index (χ2v) is 3.25. The zero-order valence-corrected chi connectivity index (χ0v) is 8.56. The van der Waals surface area contributed by atoms with Gasteiger partial charge in [-0.25, -0.2) is 4.98 Å². The van der Waals surface area contributed by atoms with Crippen LogP contribution >= 0.6 is 0 Å². The highest BCUT2D eigenvalue weighted by Crippen LogP contribution is 2.18. The van der Waals surface area contributed by atoms with Crippen molar-refractivity contribution in [2.75, 3.05) is 5.32 Å². The van der Waals surface area contributed by atoms with Crippen LogP contribution in [0.3, 0.4) is 0 Å². The molecule has 1 amide bonds. The summed E-state index contributed by atoms with van der Waals surface area (Å²) in [6.45, 7) is 1.37. The van der Waals surface area contributed by atoms with Gasteiger partial charge in [0.2, 0.25) is 5.91 Å². The van der Waals surface area contributed by atoms with E-state index in [-0.39, 0.29) is 11.7 Å². The van der Waals surface area contributed by atoms with Crippen LogP contribution in [-0.4, -0.2) is 15.9 Å². The molecule has 0 unspecified atom stereocenters. The third-order valence-electron chi connectivity index (χ3n) is 2.03. The SMILES string of the molecule is CC(=O)Nc1nc2ccncc2cc1C#N. The van der Waals surface area contributed by atoms with Crippen molar-refractivity contribution in [3.63, 3.8) is 0 Å². The van der Waals surface area contributed by atoms with Crippen LogP contribution < -0.4 is 5.32 Å². The van der Waals surface area contributed by atoms with E-state index in [1.807, 2.05) is 6.07 Å². The maximum atomic E-state index is 10.9. The van der Waals surface area contributed by atoms with Gasteiger partial charge in [-0.3, -0.25) is 9.78 Å². The molecule has 2 aromatic rings. The van der Waals surface area contributed by atoms with Crippen molar-refractivity contribution in [2.45, 2.75) is 6.92 Å². The third kappa shape index (κ3) is 1.81. The molecule has 0 fully saturated rings. The van der Waals surface area contributed by atoms with E-state index >= 15 is 0 Å². The molecule has 0 saturated carbocycles. The number of amides is 1. The Balaban J connectivity index is 2.64. The molecule has 0 aliphatic carbocycles. The molecule has 0 radical (unpaired) electrons. The third-order valence-corrected chi connectivity index (χ3v) is 2.03. The molecule has 1 N–H and O–H groups in total.